The highest BCUT2D eigenvalue weighted by Crippen LogP contribution is 2.24. The Kier molecular flexibility index (Phi) is 6.86. The van der Waals surface area contributed by atoms with E-state index in [9.17, 15) is 9.59 Å². The molecule has 2 N–H and O–H groups in total. The van der Waals surface area contributed by atoms with Crippen LogP contribution in [0.3, 0.4) is 0 Å². The second kappa shape index (κ2) is 9.10. The van der Waals surface area contributed by atoms with Gasteiger partial charge in [0, 0.05) is 11.6 Å². The van der Waals surface area contributed by atoms with Crippen LogP contribution in [0, 0.1) is 0 Å². The fraction of sp³-hybridized carbons (Fsp3) is 0.263. The minimum atomic E-state index is -1.05. The van der Waals surface area contributed by atoms with E-state index < -0.39 is 12.6 Å². The summed E-state index contributed by atoms with van der Waals surface area (Å²) < 4.78 is 10.8. The Bertz CT molecular complexity index is 791. The first kappa shape index (κ1) is 19.6. The van der Waals surface area contributed by atoms with Gasteiger partial charge < -0.3 is 19.9 Å². The molecule has 2 rings (SSSR count). The van der Waals surface area contributed by atoms with Gasteiger partial charge >= 0.3 is 5.97 Å². The smallest absolute Gasteiger partial charge is 0.341 e. The molecule has 0 heterocycles. The maximum absolute atomic E-state index is 12.5. The normalized spacial score (nSPS) is 10.5. The summed E-state index contributed by atoms with van der Waals surface area (Å²) in [6.07, 6.45) is -0.0780. The van der Waals surface area contributed by atoms with E-state index in [0.717, 1.165) is 5.56 Å². The molecule has 2 aromatic carbocycles. The van der Waals surface area contributed by atoms with Crippen LogP contribution in [0.5, 0.6) is 11.5 Å². The molecule has 0 aliphatic heterocycles. The number of nitrogens with one attached hydrogen (secondary N) is 1. The Hall–Kier alpha value is -2.73. The Morgan fingerprint density at radius 2 is 1.96 bits per heavy atom. The molecule has 138 valence electrons. The van der Waals surface area contributed by atoms with Crippen molar-refractivity contribution in [3.8, 4) is 11.5 Å². The van der Waals surface area contributed by atoms with Gasteiger partial charge in [-0.05, 0) is 49.7 Å². The SMILES string of the molecule is CC(C)Oc1ccc(Cl)cc1C(=O)NCc1cccc(OCC(=O)O)c1. The number of hydrogen-bond donors (Lipinski definition) is 2. The molecule has 1 amide bonds. The molecule has 0 aromatic heterocycles. The standard InChI is InChI=1S/C19H20ClNO5/c1-12(2)26-17-7-6-14(20)9-16(17)19(24)21-10-13-4-3-5-15(8-13)25-11-18(22)23/h3-9,12H,10-11H2,1-2H3,(H,21,24)(H,22,23). The van der Waals surface area contributed by atoms with E-state index in [1.165, 1.54) is 0 Å². The maximum atomic E-state index is 12.5. The molecule has 0 radical (unpaired) electrons. The predicted molar refractivity (Wildman–Crippen MR) is 98.0 cm³/mol. The zero-order chi connectivity index (χ0) is 19.1. The number of carboxylic acids is 1. The average molecular weight is 378 g/mol. The van der Waals surface area contributed by atoms with Gasteiger partial charge in [0.15, 0.2) is 6.61 Å². The first-order valence-corrected chi connectivity index (χ1v) is 8.41. The summed E-state index contributed by atoms with van der Waals surface area (Å²) in [6.45, 7) is 3.57. The zero-order valence-corrected chi connectivity index (χ0v) is 15.2. The molecule has 2 aromatic rings. The summed E-state index contributed by atoms with van der Waals surface area (Å²) in [5.41, 5.74) is 1.12. The Balaban J connectivity index is 2.06. The molecule has 0 spiro atoms. The van der Waals surface area contributed by atoms with E-state index >= 15 is 0 Å². The van der Waals surface area contributed by atoms with Gasteiger partial charge in [0.2, 0.25) is 0 Å². The van der Waals surface area contributed by atoms with Crippen LogP contribution in [0.25, 0.3) is 0 Å². The van der Waals surface area contributed by atoms with Gasteiger partial charge in [-0.15, -0.1) is 0 Å². The van der Waals surface area contributed by atoms with E-state index in [1.54, 1.807) is 42.5 Å². The lowest BCUT2D eigenvalue weighted by Crippen LogP contribution is -2.24. The van der Waals surface area contributed by atoms with Gasteiger partial charge in [-0.25, -0.2) is 4.79 Å². The Morgan fingerprint density at radius 1 is 1.19 bits per heavy atom. The number of benzene rings is 2. The lowest BCUT2D eigenvalue weighted by Gasteiger charge is -2.14. The molecule has 26 heavy (non-hydrogen) atoms. The average Bonchev–Trinajstić information content (AvgIpc) is 2.59. The summed E-state index contributed by atoms with van der Waals surface area (Å²) in [7, 11) is 0. The summed E-state index contributed by atoms with van der Waals surface area (Å²) >= 11 is 6.00. The number of ether oxygens (including phenoxy) is 2. The third kappa shape index (κ3) is 5.97. The van der Waals surface area contributed by atoms with Crippen LogP contribution in [0.15, 0.2) is 42.5 Å². The highest BCUT2D eigenvalue weighted by atomic mass is 35.5. The Labute approximate surface area is 156 Å². The van der Waals surface area contributed by atoms with Gasteiger partial charge in [0.1, 0.15) is 11.5 Å². The maximum Gasteiger partial charge on any atom is 0.341 e. The van der Waals surface area contributed by atoms with Crippen LogP contribution in [0.2, 0.25) is 5.02 Å². The van der Waals surface area contributed by atoms with E-state index in [2.05, 4.69) is 5.32 Å². The number of rotatable bonds is 8. The van der Waals surface area contributed by atoms with Crippen molar-refractivity contribution in [3.05, 3.63) is 58.6 Å². The van der Waals surface area contributed by atoms with Crippen molar-refractivity contribution in [1.29, 1.82) is 0 Å². The number of carboxylic acid groups (broad SMARTS) is 1. The molecule has 0 atom stereocenters. The van der Waals surface area contributed by atoms with Crippen molar-refractivity contribution in [2.45, 2.75) is 26.5 Å². The lowest BCUT2D eigenvalue weighted by atomic mass is 10.1. The van der Waals surface area contributed by atoms with E-state index in [4.69, 9.17) is 26.2 Å². The van der Waals surface area contributed by atoms with E-state index in [1.807, 2.05) is 13.8 Å². The van der Waals surface area contributed by atoms with Gasteiger partial charge in [0.25, 0.3) is 5.91 Å². The largest absolute Gasteiger partial charge is 0.490 e. The summed E-state index contributed by atoms with van der Waals surface area (Å²) in [5.74, 6) is -0.492. The molecule has 7 heteroatoms. The number of carbonyl (C=O) groups is 2. The molecule has 0 unspecified atom stereocenters. The van der Waals surface area contributed by atoms with Crippen LogP contribution in [0.1, 0.15) is 29.8 Å². The van der Waals surface area contributed by atoms with Gasteiger partial charge in [-0.3, -0.25) is 4.79 Å². The zero-order valence-electron chi connectivity index (χ0n) is 14.5. The first-order chi connectivity index (χ1) is 12.3. The monoisotopic (exact) mass is 377 g/mol. The molecule has 0 saturated heterocycles. The minimum absolute atomic E-state index is 0.0780. The molecule has 0 aliphatic carbocycles. The highest BCUT2D eigenvalue weighted by molar-refractivity contribution is 6.31. The highest BCUT2D eigenvalue weighted by Gasteiger charge is 2.14. The van der Waals surface area contributed by atoms with Crippen LogP contribution < -0.4 is 14.8 Å². The van der Waals surface area contributed by atoms with Crippen molar-refractivity contribution in [1.82, 2.24) is 5.32 Å². The van der Waals surface area contributed by atoms with Crippen LogP contribution in [-0.2, 0) is 11.3 Å². The third-order valence-electron chi connectivity index (χ3n) is 3.26. The summed E-state index contributed by atoms with van der Waals surface area (Å²) in [6, 6.07) is 11.7. The molecule has 0 saturated carbocycles. The van der Waals surface area contributed by atoms with Crippen LogP contribution >= 0.6 is 11.6 Å². The van der Waals surface area contributed by atoms with Crippen molar-refractivity contribution in [3.63, 3.8) is 0 Å². The molecule has 6 nitrogen and oxygen atoms in total. The van der Waals surface area contributed by atoms with Crippen molar-refractivity contribution >= 4 is 23.5 Å². The predicted octanol–water partition coefficient (Wildman–Crippen LogP) is 3.52. The Morgan fingerprint density at radius 3 is 2.65 bits per heavy atom. The van der Waals surface area contributed by atoms with Gasteiger partial charge in [0.05, 0.1) is 11.7 Å². The molecule has 0 fully saturated rings. The third-order valence-corrected chi connectivity index (χ3v) is 3.50. The number of aliphatic carboxylic acids is 1. The first-order valence-electron chi connectivity index (χ1n) is 8.03. The lowest BCUT2D eigenvalue weighted by molar-refractivity contribution is -0.139. The molecule has 0 bridgehead atoms. The van der Waals surface area contributed by atoms with E-state index in [-0.39, 0.29) is 18.6 Å². The number of halogens is 1. The molecule has 0 aliphatic rings. The number of hydrogen-bond acceptors (Lipinski definition) is 4. The number of amides is 1. The van der Waals surface area contributed by atoms with E-state index in [0.29, 0.717) is 22.1 Å². The fourth-order valence-electron chi connectivity index (χ4n) is 2.20. The second-order valence-electron chi connectivity index (χ2n) is 5.82. The second-order valence-corrected chi connectivity index (χ2v) is 6.26. The van der Waals surface area contributed by atoms with Gasteiger partial charge in [-0.1, -0.05) is 23.7 Å². The molecular formula is C19H20ClNO5. The summed E-state index contributed by atoms with van der Waals surface area (Å²) in [5, 5.41) is 11.9. The van der Waals surface area contributed by atoms with Crippen LogP contribution in [-0.4, -0.2) is 29.7 Å². The summed E-state index contributed by atoms with van der Waals surface area (Å²) in [4.78, 5) is 23.1. The minimum Gasteiger partial charge on any atom is -0.490 e. The van der Waals surface area contributed by atoms with Crippen molar-refractivity contribution in [2.24, 2.45) is 0 Å². The fourth-order valence-corrected chi connectivity index (χ4v) is 2.38. The molecular weight excluding hydrogens is 358 g/mol. The van der Waals surface area contributed by atoms with Crippen molar-refractivity contribution < 1.29 is 24.2 Å². The quantitative estimate of drug-likeness (QED) is 0.735. The topological polar surface area (TPSA) is 84.9 Å². The van der Waals surface area contributed by atoms with Crippen molar-refractivity contribution in [2.75, 3.05) is 6.61 Å². The van der Waals surface area contributed by atoms with Crippen LogP contribution in [0.4, 0.5) is 0 Å². The number of carbonyl (C=O) groups excluding carboxylic acids is 1. The van der Waals surface area contributed by atoms with Gasteiger partial charge in [-0.2, -0.15) is 0 Å².